The lowest BCUT2D eigenvalue weighted by Crippen LogP contribution is -2.40. The van der Waals surface area contributed by atoms with Crippen LogP contribution in [0.15, 0.2) is 61.2 Å². The Morgan fingerprint density at radius 1 is 1.07 bits per heavy atom. The Balaban J connectivity index is 1.38. The summed E-state index contributed by atoms with van der Waals surface area (Å²) in [5.41, 5.74) is 4.32. The number of pyridine rings is 2. The Morgan fingerprint density at radius 3 is 2.60 bits per heavy atom. The molecule has 208 valence electrons. The first-order valence-electron chi connectivity index (χ1n) is 12.5. The first kappa shape index (κ1) is 26.9. The van der Waals surface area contributed by atoms with Gasteiger partial charge in [-0.2, -0.15) is 13.2 Å². The first-order valence-corrected chi connectivity index (χ1v) is 12.5. The number of aromatic nitrogens is 3. The van der Waals surface area contributed by atoms with Crippen molar-refractivity contribution >= 4 is 34.8 Å². The molecule has 4 heterocycles. The molecule has 1 aliphatic heterocycles. The van der Waals surface area contributed by atoms with E-state index in [0.717, 1.165) is 11.1 Å². The standard InChI is InChI=1S/C27H26F3N7O3/c1-17-20(3-2-4-21(17)35-26(39)33-16-27(28,29)30)19-13-22(24-31-7-8-37(24)15-19)34-23-6-5-18(14-32-23)25(38)36-9-11-40-12-10-36/h2-8,13-15H,9-12,16H2,1H3,(H,32,34)(H2,33,35,39). The van der Waals surface area contributed by atoms with E-state index in [-0.39, 0.29) is 5.91 Å². The molecule has 0 unspecified atom stereocenters. The number of nitrogens with one attached hydrogen (secondary N) is 3. The van der Waals surface area contributed by atoms with Crippen molar-refractivity contribution < 1.29 is 27.5 Å². The van der Waals surface area contributed by atoms with Crippen LogP contribution >= 0.6 is 0 Å². The molecule has 40 heavy (non-hydrogen) atoms. The topological polar surface area (TPSA) is 113 Å². The average Bonchev–Trinajstić information content (AvgIpc) is 3.42. The van der Waals surface area contributed by atoms with Gasteiger partial charge in [-0.05, 0) is 42.3 Å². The number of fused-ring (bicyclic) bond motifs is 1. The van der Waals surface area contributed by atoms with Gasteiger partial charge in [0.15, 0.2) is 5.65 Å². The largest absolute Gasteiger partial charge is 0.405 e. The van der Waals surface area contributed by atoms with Crippen LogP contribution in [0.2, 0.25) is 0 Å². The molecule has 3 aromatic heterocycles. The second kappa shape index (κ2) is 11.2. The summed E-state index contributed by atoms with van der Waals surface area (Å²) in [6.45, 7) is 2.44. The first-order chi connectivity index (χ1) is 19.2. The summed E-state index contributed by atoms with van der Waals surface area (Å²) in [4.78, 5) is 35.3. The van der Waals surface area contributed by atoms with Crippen molar-refractivity contribution in [2.45, 2.75) is 13.1 Å². The number of benzene rings is 1. The molecule has 0 aliphatic carbocycles. The second-order valence-corrected chi connectivity index (χ2v) is 9.16. The van der Waals surface area contributed by atoms with Gasteiger partial charge in [0, 0.05) is 49.1 Å². The zero-order chi connectivity index (χ0) is 28.3. The van der Waals surface area contributed by atoms with Crippen LogP contribution in [0.25, 0.3) is 16.8 Å². The molecule has 3 N–H and O–H groups in total. The number of nitrogens with zero attached hydrogens (tertiary/aromatic N) is 4. The monoisotopic (exact) mass is 553 g/mol. The molecule has 1 saturated heterocycles. The van der Waals surface area contributed by atoms with Crippen molar-refractivity contribution in [3.05, 3.63) is 72.3 Å². The molecule has 4 aromatic rings. The van der Waals surface area contributed by atoms with Gasteiger partial charge in [0.05, 0.1) is 24.5 Å². The number of morpholine rings is 1. The van der Waals surface area contributed by atoms with E-state index >= 15 is 0 Å². The molecule has 0 bridgehead atoms. The number of rotatable bonds is 6. The summed E-state index contributed by atoms with van der Waals surface area (Å²) in [7, 11) is 0. The fraction of sp³-hybridized carbons (Fsp3) is 0.259. The number of urea groups is 1. The summed E-state index contributed by atoms with van der Waals surface area (Å²) in [6, 6.07) is 9.51. The third kappa shape index (κ3) is 6.15. The van der Waals surface area contributed by atoms with Crippen LogP contribution in [-0.2, 0) is 4.74 Å². The van der Waals surface area contributed by atoms with Gasteiger partial charge in [-0.15, -0.1) is 0 Å². The highest BCUT2D eigenvalue weighted by atomic mass is 19.4. The van der Waals surface area contributed by atoms with Gasteiger partial charge in [0.2, 0.25) is 0 Å². The lowest BCUT2D eigenvalue weighted by molar-refractivity contribution is -0.122. The van der Waals surface area contributed by atoms with E-state index in [1.54, 1.807) is 48.5 Å². The van der Waals surface area contributed by atoms with Crippen LogP contribution in [0, 0.1) is 6.92 Å². The quantitative estimate of drug-likeness (QED) is 0.322. The molecular weight excluding hydrogens is 527 g/mol. The summed E-state index contributed by atoms with van der Waals surface area (Å²) in [5, 5.41) is 7.56. The van der Waals surface area contributed by atoms with Gasteiger partial charge in [-0.3, -0.25) is 4.79 Å². The zero-order valence-electron chi connectivity index (χ0n) is 21.5. The predicted octanol–water partition coefficient (Wildman–Crippen LogP) is 4.60. The van der Waals surface area contributed by atoms with E-state index in [2.05, 4.69) is 20.6 Å². The summed E-state index contributed by atoms with van der Waals surface area (Å²) >= 11 is 0. The SMILES string of the molecule is Cc1c(NC(=O)NCC(F)(F)F)cccc1-c1cc(Nc2ccc(C(=O)N3CCOCC3)cn2)c2nccn2c1. The molecule has 13 heteroatoms. The molecule has 0 atom stereocenters. The fourth-order valence-electron chi connectivity index (χ4n) is 4.38. The molecule has 1 fully saturated rings. The van der Waals surface area contributed by atoms with Gasteiger partial charge in [-0.1, -0.05) is 12.1 Å². The Hall–Kier alpha value is -4.65. The normalized spacial score (nSPS) is 13.8. The molecule has 0 radical (unpaired) electrons. The highest BCUT2D eigenvalue weighted by molar-refractivity contribution is 5.94. The number of carbonyl (C=O) groups excluding carboxylic acids is 2. The minimum absolute atomic E-state index is 0.101. The highest BCUT2D eigenvalue weighted by Gasteiger charge is 2.28. The maximum atomic E-state index is 12.7. The van der Waals surface area contributed by atoms with E-state index < -0.39 is 18.8 Å². The van der Waals surface area contributed by atoms with Crippen molar-refractivity contribution in [2.75, 3.05) is 43.5 Å². The average molecular weight is 554 g/mol. The number of hydrogen-bond acceptors (Lipinski definition) is 6. The predicted molar refractivity (Wildman–Crippen MR) is 143 cm³/mol. The smallest absolute Gasteiger partial charge is 0.378 e. The number of hydrogen-bond donors (Lipinski definition) is 3. The Morgan fingerprint density at radius 2 is 1.88 bits per heavy atom. The molecule has 10 nitrogen and oxygen atoms in total. The van der Waals surface area contributed by atoms with Crippen molar-refractivity contribution in [3.8, 4) is 11.1 Å². The number of ether oxygens (including phenoxy) is 1. The Bertz CT molecular complexity index is 1530. The summed E-state index contributed by atoms with van der Waals surface area (Å²) < 4.78 is 44.5. The van der Waals surface area contributed by atoms with E-state index in [1.807, 2.05) is 28.0 Å². The van der Waals surface area contributed by atoms with Crippen LogP contribution < -0.4 is 16.0 Å². The minimum Gasteiger partial charge on any atom is -0.378 e. The third-order valence-electron chi connectivity index (χ3n) is 6.40. The molecule has 0 saturated carbocycles. The summed E-state index contributed by atoms with van der Waals surface area (Å²) in [6.07, 6.45) is 2.31. The lowest BCUT2D eigenvalue weighted by atomic mass is 10.00. The molecular formula is C27H26F3N7O3. The number of carbonyl (C=O) groups is 2. The van der Waals surface area contributed by atoms with Crippen LogP contribution in [0.3, 0.4) is 0 Å². The third-order valence-corrected chi connectivity index (χ3v) is 6.40. The molecule has 0 spiro atoms. The number of halogens is 3. The van der Waals surface area contributed by atoms with E-state index in [0.29, 0.717) is 60.3 Å². The van der Waals surface area contributed by atoms with Gasteiger partial charge in [0.1, 0.15) is 12.4 Å². The van der Waals surface area contributed by atoms with Crippen LogP contribution in [0.1, 0.15) is 15.9 Å². The van der Waals surface area contributed by atoms with Gasteiger partial charge >= 0.3 is 12.2 Å². The van der Waals surface area contributed by atoms with Crippen molar-refractivity contribution in [1.29, 1.82) is 0 Å². The van der Waals surface area contributed by atoms with Crippen molar-refractivity contribution in [2.24, 2.45) is 0 Å². The van der Waals surface area contributed by atoms with E-state index in [9.17, 15) is 22.8 Å². The molecule has 1 aliphatic rings. The number of amides is 3. The molecule has 1 aromatic carbocycles. The van der Waals surface area contributed by atoms with E-state index in [1.165, 1.54) is 6.20 Å². The Labute approximate surface area is 227 Å². The van der Waals surface area contributed by atoms with Crippen LogP contribution in [0.5, 0.6) is 0 Å². The van der Waals surface area contributed by atoms with Crippen LogP contribution in [-0.4, -0.2) is 70.2 Å². The number of imidazole rings is 1. The minimum atomic E-state index is -4.51. The molecule has 5 rings (SSSR count). The zero-order valence-corrected chi connectivity index (χ0v) is 21.5. The van der Waals surface area contributed by atoms with Crippen LogP contribution in [0.4, 0.5) is 35.2 Å². The molecule has 3 amide bonds. The maximum Gasteiger partial charge on any atom is 0.405 e. The van der Waals surface area contributed by atoms with Gasteiger partial charge < -0.3 is 30.0 Å². The second-order valence-electron chi connectivity index (χ2n) is 9.16. The number of anilines is 3. The maximum absolute atomic E-state index is 12.7. The summed E-state index contributed by atoms with van der Waals surface area (Å²) in [5.74, 6) is 0.408. The lowest BCUT2D eigenvalue weighted by Gasteiger charge is -2.26. The van der Waals surface area contributed by atoms with Crippen molar-refractivity contribution in [3.63, 3.8) is 0 Å². The van der Waals surface area contributed by atoms with E-state index in [4.69, 9.17) is 4.74 Å². The van der Waals surface area contributed by atoms with Crippen molar-refractivity contribution in [1.82, 2.24) is 24.6 Å². The fourth-order valence-corrected chi connectivity index (χ4v) is 4.38. The number of alkyl halides is 3. The van der Waals surface area contributed by atoms with Gasteiger partial charge in [0.25, 0.3) is 5.91 Å². The highest BCUT2D eigenvalue weighted by Crippen LogP contribution is 2.32. The Kier molecular flexibility index (Phi) is 7.56. The van der Waals surface area contributed by atoms with Gasteiger partial charge in [-0.25, -0.2) is 14.8 Å².